The van der Waals surface area contributed by atoms with Crippen LogP contribution in [-0.2, 0) is 4.79 Å². The first-order valence-corrected chi connectivity index (χ1v) is 12.4. The molecule has 31 heavy (non-hydrogen) atoms. The summed E-state index contributed by atoms with van der Waals surface area (Å²) in [6.45, 7) is 4.86. The molecule has 4 aliphatic carbocycles. The number of aliphatic imine (C=N–C) groups is 1. The highest BCUT2D eigenvalue weighted by Gasteiger charge is 2.58. The zero-order valence-electron chi connectivity index (χ0n) is 19.2. The molecule has 4 fully saturated rings. The SMILES string of the molecule is C[C@@]1(O)CC[C@H]2[C@@H](CC[C@@H]3[C@@H]2CC[C@]2(C)[C@@H](C(=O)CCN=CC(C#N)=CN)CC[C@@H]32)C1. The van der Waals surface area contributed by atoms with Gasteiger partial charge in [0.05, 0.1) is 11.2 Å². The fourth-order valence-electron chi connectivity index (χ4n) is 8.23. The molecule has 0 aromatic rings. The Bertz CT molecular complexity index is 795. The Morgan fingerprint density at radius 2 is 1.90 bits per heavy atom. The van der Waals surface area contributed by atoms with Crippen LogP contribution in [0.1, 0.15) is 78.1 Å². The molecule has 0 bridgehead atoms. The molecular formula is C26H39N3O2. The van der Waals surface area contributed by atoms with Crippen molar-refractivity contribution >= 4 is 12.0 Å². The van der Waals surface area contributed by atoms with Gasteiger partial charge in [0, 0.05) is 31.3 Å². The number of allylic oxidation sites excluding steroid dienone is 1. The summed E-state index contributed by atoms with van der Waals surface area (Å²) >= 11 is 0. The van der Waals surface area contributed by atoms with Gasteiger partial charge in [-0.2, -0.15) is 5.26 Å². The Morgan fingerprint density at radius 3 is 2.65 bits per heavy atom. The first kappa shape index (κ1) is 22.5. The third-order valence-electron chi connectivity index (χ3n) is 9.65. The van der Waals surface area contributed by atoms with Crippen LogP contribution in [0.2, 0.25) is 0 Å². The lowest BCUT2D eigenvalue weighted by molar-refractivity contribution is -0.132. The maximum absolute atomic E-state index is 13.1. The van der Waals surface area contributed by atoms with Gasteiger partial charge in [0.2, 0.25) is 0 Å². The molecule has 0 aromatic heterocycles. The summed E-state index contributed by atoms with van der Waals surface area (Å²) in [5.41, 5.74) is 5.38. The second kappa shape index (κ2) is 8.70. The fraction of sp³-hybridized carbons (Fsp3) is 0.808. The number of aliphatic hydroxyl groups is 1. The summed E-state index contributed by atoms with van der Waals surface area (Å²) in [7, 11) is 0. The van der Waals surface area contributed by atoms with Crippen molar-refractivity contribution in [3.63, 3.8) is 0 Å². The van der Waals surface area contributed by atoms with Crippen LogP contribution in [0.25, 0.3) is 0 Å². The molecule has 8 atom stereocenters. The van der Waals surface area contributed by atoms with E-state index in [4.69, 9.17) is 11.0 Å². The number of hydrogen-bond donors (Lipinski definition) is 2. The molecule has 0 heterocycles. The Morgan fingerprint density at radius 1 is 1.13 bits per heavy atom. The Labute approximate surface area is 187 Å². The Balaban J connectivity index is 1.39. The van der Waals surface area contributed by atoms with Gasteiger partial charge in [0.25, 0.3) is 0 Å². The van der Waals surface area contributed by atoms with Gasteiger partial charge in [-0.15, -0.1) is 0 Å². The molecule has 0 aromatic carbocycles. The number of carbonyl (C=O) groups is 1. The molecule has 0 spiro atoms. The van der Waals surface area contributed by atoms with Gasteiger partial charge >= 0.3 is 0 Å². The monoisotopic (exact) mass is 425 g/mol. The van der Waals surface area contributed by atoms with Crippen molar-refractivity contribution in [2.45, 2.75) is 83.7 Å². The average molecular weight is 426 g/mol. The van der Waals surface area contributed by atoms with Crippen LogP contribution in [0.3, 0.4) is 0 Å². The largest absolute Gasteiger partial charge is 0.403 e. The first-order valence-electron chi connectivity index (χ1n) is 12.4. The zero-order valence-corrected chi connectivity index (χ0v) is 19.2. The highest BCUT2D eigenvalue weighted by atomic mass is 16.3. The summed E-state index contributed by atoms with van der Waals surface area (Å²) in [5, 5.41) is 19.5. The van der Waals surface area contributed by atoms with Gasteiger partial charge in [-0.25, -0.2) is 0 Å². The van der Waals surface area contributed by atoms with Gasteiger partial charge in [0.1, 0.15) is 11.9 Å². The third kappa shape index (κ3) is 4.21. The van der Waals surface area contributed by atoms with Gasteiger partial charge in [-0.3, -0.25) is 9.79 Å². The van der Waals surface area contributed by atoms with E-state index in [9.17, 15) is 9.90 Å². The van der Waals surface area contributed by atoms with Crippen LogP contribution in [0.15, 0.2) is 16.8 Å². The predicted molar refractivity (Wildman–Crippen MR) is 122 cm³/mol. The average Bonchev–Trinajstić information content (AvgIpc) is 3.10. The molecule has 5 heteroatoms. The minimum absolute atomic E-state index is 0.143. The number of fused-ring (bicyclic) bond motifs is 5. The highest BCUT2D eigenvalue weighted by Crippen LogP contribution is 2.64. The summed E-state index contributed by atoms with van der Waals surface area (Å²) in [6.07, 6.45) is 13.5. The molecule has 0 aliphatic heterocycles. The van der Waals surface area contributed by atoms with E-state index < -0.39 is 5.60 Å². The molecule has 0 unspecified atom stereocenters. The van der Waals surface area contributed by atoms with Crippen molar-refractivity contribution in [1.82, 2.24) is 0 Å². The minimum atomic E-state index is -0.460. The molecule has 0 saturated heterocycles. The summed E-state index contributed by atoms with van der Waals surface area (Å²) in [4.78, 5) is 17.4. The van der Waals surface area contributed by atoms with Crippen molar-refractivity contribution < 1.29 is 9.90 Å². The van der Waals surface area contributed by atoms with E-state index in [1.165, 1.54) is 50.9 Å². The summed E-state index contributed by atoms with van der Waals surface area (Å²) in [5.74, 6) is 4.27. The zero-order chi connectivity index (χ0) is 22.2. The number of nitrogens with zero attached hydrogens (tertiary/aromatic N) is 2. The van der Waals surface area contributed by atoms with Gasteiger partial charge < -0.3 is 10.8 Å². The highest BCUT2D eigenvalue weighted by molar-refractivity contribution is 5.85. The van der Waals surface area contributed by atoms with Crippen LogP contribution < -0.4 is 5.73 Å². The number of nitrogens with two attached hydrogens (primary N) is 1. The smallest absolute Gasteiger partial charge is 0.138 e. The van der Waals surface area contributed by atoms with Crippen LogP contribution in [0.4, 0.5) is 0 Å². The standard InChI is InChI=1S/C26H39N3O2/c1-25(31)10-7-19-18(13-25)3-4-21-20(19)8-11-26(2)22(21)5-6-23(26)24(30)9-12-29-16-17(14-27)15-28/h14,16,18-23,31H,3-13,27H2,1-2H3/t18-,19-,20+,21+,22-,23+,25+,26-/m0/s1. The molecule has 0 radical (unpaired) electrons. The lowest BCUT2D eigenvalue weighted by atomic mass is 9.49. The molecular weight excluding hydrogens is 386 g/mol. The Hall–Kier alpha value is -1.67. The van der Waals surface area contributed by atoms with Crippen molar-refractivity contribution in [3.8, 4) is 6.07 Å². The molecule has 3 N–H and O–H groups in total. The number of Topliss-reactive ketones (excluding diaryl/α,β-unsaturated/α-hetero) is 1. The van der Waals surface area contributed by atoms with E-state index in [2.05, 4.69) is 11.9 Å². The maximum Gasteiger partial charge on any atom is 0.138 e. The summed E-state index contributed by atoms with van der Waals surface area (Å²) in [6, 6.07) is 1.98. The molecule has 4 aliphatic rings. The van der Waals surface area contributed by atoms with Crippen LogP contribution in [0.5, 0.6) is 0 Å². The van der Waals surface area contributed by atoms with Crippen LogP contribution >= 0.6 is 0 Å². The van der Waals surface area contributed by atoms with E-state index in [1.54, 1.807) is 0 Å². The second-order valence-electron chi connectivity index (χ2n) is 11.3. The van der Waals surface area contributed by atoms with E-state index in [-0.39, 0.29) is 11.3 Å². The normalized spacial score (nSPS) is 44.9. The number of nitriles is 1. The lowest BCUT2D eigenvalue weighted by Crippen LogP contribution is -2.51. The number of carbonyl (C=O) groups excluding carboxylic acids is 1. The number of hydrogen-bond acceptors (Lipinski definition) is 5. The van der Waals surface area contributed by atoms with Gasteiger partial charge in [0.15, 0.2) is 0 Å². The second-order valence-corrected chi connectivity index (χ2v) is 11.3. The van der Waals surface area contributed by atoms with Gasteiger partial charge in [-0.1, -0.05) is 6.92 Å². The maximum atomic E-state index is 13.1. The molecule has 0 amide bonds. The molecule has 4 saturated carbocycles. The minimum Gasteiger partial charge on any atom is -0.403 e. The Kier molecular flexibility index (Phi) is 6.32. The fourth-order valence-corrected chi connectivity index (χ4v) is 8.23. The van der Waals surface area contributed by atoms with Crippen molar-refractivity contribution in [2.24, 2.45) is 51.6 Å². The number of rotatable bonds is 5. The molecule has 5 nitrogen and oxygen atoms in total. The predicted octanol–water partition coefficient (Wildman–Crippen LogP) is 4.40. The van der Waals surface area contributed by atoms with Crippen LogP contribution in [0, 0.1) is 52.3 Å². The topological polar surface area (TPSA) is 99.5 Å². The van der Waals surface area contributed by atoms with E-state index in [1.807, 2.05) is 13.0 Å². The molecule has 4 rings (SSSR count). The van der Waals surface area contributed by atoms with Crippen LogP contribution in [-0.4, -0.2) is 29.3 Å². The van der Waals surface area contributed by atoms with Crippen molar-refractivity contribution in [3.05, 3.63) is 11.8 Å². The van der Waals surface area contributed by atoms with Gasteiger partial charge in [-0.05, 0) is 99.7 Å². The number of ketones is 1. The third-order valence-corrected chi connectivity index (χ3v) is 9.65. The summed E-state index contributed by atoms with van der Waals surface area (Å²) < 4.78 is 0. The van der Waals surface area contributed by atoms with Crippen molar-refractivity contribution in [2.75, 3.05) is 6.54 Å². The molecule has 170 valence electrons. The first-order chi connectivity index (χ1) is 14.8. The van der Waals surface area contributed by atoms with E-state index >= 15 is 0 Å². The van der Waals surface area contributed by atoms with Crippen molar-refractivity contribution in [1.29, 1.82) is 5.26 Å². The quantitative estimate of drug-likeness (QED) is 0.503. The van der Waals surface area contributed by atoms with E-state index in [0.29, 0.717) is 36.2 Å². The van der Waals surface area contributed by atoms with E-state index in [0.717, 1.165) is 37.0 Å². The lowest BCUT2D eigenvalue weighted by Gasteiger charge is -2.56.